The Kier molecular flexibility index (Phi) is 2.72. The summed E-state index contributed by atoms with van der Waals surface area (Å²) in [6.45, 7) is 0. The second kappa shape index (κ2) is 4.71. The Morgan fingerprint density at radius 3 is 2.81 bits per heavy atom. The molecule has 4 rings (SSSR count). The molecule has 4 aromatic rings. The highest BCUT2D eigenvalue weighted by Gasteiger charge is 2.07. The van der Waals surface area contributed by atoms with E-state index >= 15 is 0 Å². The summed E-state index contributed by atoms with van der Waals surface area (Å²) in [5.74, 6) is 0.842. The maximum absolute atomic E-state index is 5.81. The fraction of sp³-hybridized carbons (Fsp3) is 0. The van der Waals surface area contributed by atoms with Gasteiger partial charge in [0.1, 0.15) is 10.8 Å². The number of thiazole rings is 1. The number of imidazole rings is 1. The molecule has 2 aromatic carbocycles. The molecule has 2 aromatic heterocycles. The molecule has 0 aliphatic heterocycles. The van der Waals surface area contributed by atoms with Crippen molar-refractivity contribution < 1.29 is 0 Å². The largest absolute Gasteiger partial charge is 0.399 e. The topological polar surface area (TPSA) is 67.6 Å². The SMILES string of the molecule is Nc1ccc2nc(-c3cccc(-c4nccs4)c3)[nH]c2c1. The number of nitrogen functional groups attached to an aromatic ring is 1. The zero-order valence-corrected chi connectivity index (χ0v) is 11.9. The lowest BCUT2D eigenvalue weighted by Gasteiger charge is -2.00. The summed E-state index contributed by atoms with van der Waals surface area (Å²) in [6.07, 6.45) is 1.82. The lowest BCUT2D eigenvalue weighted by molar-refractivity contribution is 1.33. The van der Waals surface area contributed by atoms with Gasteiger partial charge in [-0.15, -0.1) is 11.3 Å². The molecule has 0 amide bonds. The van der Waals surface area contributed by atoms with Gasteiger partial charge in [-0.2, -0.15) is 0 Å². The summed E-state index contributed by atoms with van der Waals surface area (Å²) in [7, 11) is 0. The van der Waals surface area contributed by atoms with Gasteiger partial charge in [0.25, 0.3) is 0 Å². The fourth-order valence-electron chi connectivity index (χ4n) is 2.33. The van der Waals surface area contributed by atoms with Gasteiger partial charge >= 0.3 is 0 Å². The number of nitrogens with two attached hydrogens (primary N) is 1. The molecule has 0 aliphatic carbocycles. The van der Waals surface area contributed by atoms with E-state index in [-0.39, 0.29) is 0 Å². The summed E-state index contributed by atoms with van der Waals surface area (Å²) < 4.78 is 0. The van der Waals surface area contributed by atoms with Crippen LogP contribution in [0, 0.1) is 0 Å². The molecule has 0 aliphatic rings. The van der Waals surface area contributed by atoms with Crippen molar-refractivity contribution in [3.05, 3.63) is 54.0 Å². The lowest BCUT2D eigenvalue weighted by atomic mass is 10.1. The van der Waals surface area contributed by atoms with Crippen LogP contribution in [0.5, 0.6) is 0 Å². The predicted molar refractivity (Wildman–Crippen MR) is 87.1 cm³/mol. The summed E-state index contributed by atoms with van der Waals surface area (Å²) >= 11 is 1.63. The molecule has 0 bridgehead atoms. The summed E-state index contributed by atoms with van der Waals surface area (Å²) in [5, 5.41) is 2.99. The zero-order valence-electron chi connectivity index (χ0n) is 11.1. The maximum atomic E-state index is 5.81. The Labute approximate surface area is 125 Å². The number of nitrogens with zero attached hydrogens (tertiary/aromatic N) is 2. The van der Waals surface area contributed by atoms with Gasteiger partial charge in [0, 0.05) is 28.4 Å². The molecule has 0 unspecified atom stereocenters. The van der Waals surface area contributed by atoms with Gasteiger partial charge in [0.05, 0.1) is 11.0 Å². The third kappa shape index (κ3) is 2.17. The van der Waals surface area contributed by atoms with Crippen LogP contribution in [0.1, 0.15) is 0 Å². The molecule has 4 nitrogen and oxygen atoms in total. The Hall–Kier alpha value is -2.66. The molecule has 0 saturated heterocycles. The molecule has 2 heterocycles. The van der Waals surface area contributed by atoms with Crippen LogP contribution in [0.4, 0.5) is 5.69 Å². The van der Waals surface area contributed by atoms with Crippen LogP contribution in [0.25, 0.3) is 33.0 Å². The second-order valence-electron chi connectivity index (χ2n) is 4.78. The molecular weight excluding hydrogens is 280 g/mol. The van der Waals surface area contributed by atoms with Gasteiger partial charge in [0.2, 0.25) is 0 Å². The summed E-state index contributed by atoms with van der Waals surface area (Å²) in [4.78, 5) is 12.3. The second-order valence-corrected chi connectivity index (χ2v) is 5.67. The molecule has 0 atom stereocenters. The number of benzene rings is 2. The standard InChI is InChI=1S/C16H12N4S/c17-12-4-5-13-14(9-12)20-15(19-13)10-2-1-3-11(8-10)16-18-6-7-21-16/h1-9H,17H2,(H,19,20). The molecule has 21 heavy (non-hydrogen) atoms. The molecule has 5 heteroatoms. The number of hydrogen-bond acceptors (Lipinski definition) is 4. The quantitative estimate of drug-likeness (QED) is 0.550. The van der Waals surface area contributed by atoms with E-state index in [2.05, 4.69) is 27.1 Å². The minimum absolute atomic E-state index is 0.731. The third-order valence-corrected chi connectivity index (χ3v) is 4.14. The van der Waals surface area contributed by atoms with E-state index in [0.29, 0.717) is 0 Å². The van der Waals surface area contributed by atoms with Crippen molar-refractivity contribution in [3.8, 4) is 22.0 Å². The van der Waals surface area contributed by atoms with E-state index in [4.69, 9.17) is 5.73 Å². The Balaban J connectivity index is 1.83. The third-order valence-electron chi connectivity index (χ3n) is 3.32. The molecule has 0 fully saturated rings. The van der Waals surface area contributed by atoms with Gasteiger partial charge in [-0.05, 0) is 24.3 Å². The molecular formula is C16H12N4S. The van der Waals surface area contributed by atoms with E-state index in [0.717, 1.165) is 38.7 Å². The number of fused-ring (bicyclic) bond motifs is 1. The van der Waals surface area contributed by atoms with Crippen LogP contribution < -0.4 is 5.73 Å². The number of hydrogen-bond donors (Lipinski definition) is 2. The molecule has 0 saturated carbocycles. The van der Waals surface area contributed by atoms with Gasteiger partial charge in [-0.25, -0.2) is 9.97 Å². The first-order chi connectivity index (χ1) is 10.3. The molecule has 102 valence electrons. The van der Waals surface area contributed by atoms with E-state index < -0.39 is 0 Å². The molecule has 0 spiro atoms. The van der Waals surface area contributed by atoms with Crippen LogP contribution in [0.15, 0.2) is 54.0 Å². The van der Waals surface area contributed by atoms with Crippen molar-refractivity contribution in [3.63, 3.8) is 0 Å². The van der Waals surface area contributed by atoms with Crippen molar-refractivity contribution in [2.45, 2.75) is 0 Å². The van der Waals surface area contributed by atoms with Crippen LogP contribution in [-0.4, -0.2) is 15.0 Å². The minimum Gasteiger partial charge on any atom is -0.399 e. The van der Waals surface area contributed by atoms with Crippen LogP contribution in [-0.2, 0) is 0 Å². The summed E-state index contributed by atoms with van der Waals surface area (Å²) in [5.41, 5.74) is 10.5. The minimum atomic E-state index is 0.731. The average Bonchev–Trinajstić information content (AvgIpc) is 3.16. The molecule has 0 radical (unpaired) electrons. The van der Waals surface area contributed by atoms with Gasteiger partial charge < -0.3 is 10.7 Å². The van der Waals surface area contributed by atoms with Gasteiger partial charge in [-0.1, -0.05) is 18.2 Å². The predicted octanol–water partition coefficient (Wildman–Crippen LogP) is 3.94. The summed E-state index contributed by atoms with van der Waals surface area (Å²) in [6, 6.07) is 13.9. The number of aromatic amines is 1. The van der Waals surface area contributed by atoms with Gasteiger partial charge in [0.15, 0.2) is 0 Å². The monoisotopic (exact) mass is 292 g/mol. The van der Waals surface area contributed by atoms with Crippen molar-refractivity contribution >= 4 is 28.1 Å². The van der Waals surface area contributed by atoms with E-state index in [1.54, 1.807) is 11.3 Å². The van der Waals surface area contributed by atoms with Crippen LogP contribution >= 0.6 is 11.3 Å². The number of rotatable bonds is 2. The average molecular weight is 292 g/mol. The Morgan fingerprint density at radius 1 is 1.05 bits per heavy atom. The van der Waals surface area contributed by atoms with Crippen molar-refractivity contribution in [2.75, 3.05) is 5.73 Å². The van der Waals surface area contributed by atoms with Crippen LogP contribution in [0.2, 0.25) is 0 Å². The lowest BCUT2D eigenvalue weighted by Crippen LogP contribution is -1.82. The normalized spacial score (nSPS) is 11.0. The smallest absolute Gasteiger partial charge is 0.138 e. The Bertz CT molecular complexity index is 909. The maximum Gasteiger partial charge on any atom is 0.138 e. The highest BCUT2D eigenvalue weighted by atomic mass is 32.1. The number of H-pyrrole nitrogens is 1. The van der Waals surface area contributed by atoms with Crippen molar-refractivity contribution in [2.24, 2.45) is 0 Å². The first-order valence-corrected chi connectivity index (χ1v) is 7.43. The van der Waals surface area contributed by atoms with Gasteiger partial charge in [-0.3, -0.25) is 0 Å². The fourth-order valence-corrected chi connectivity index (χ4v) is 2.96. The van der Waals surface area contributed by atoms with E-state index in [9.17, 15) is 0 Å². The Morgan fingerprint density at radius 2 is 1.95 bits per heavy atom. The first kappa shape index (κ1) is 12.1. The highest BCUT2D eigenvalue weighted by molar-refractivity contribution is 7.13. The molecule has 3 N–H and O–H groups in total. The van der Waals surface area contributed by atoms with Crippen LogP contribution in [0.3, 0.4) is 0 Å². The van der Waals surface area contributed by atoms with E-state index in [1.807, 2.05) is 41.9 Å². The van der Waals surface area contributed by atoms with Crippen molar-refractivity contribution in [1.82, 2.24) is 15.0 Å². The zero-order chi connectivity index (χ0) is 14.2. The first-order valence-electron chi connectivity index (χ1n) is 6.55. The number of nitrogens with one attached hydrogen (secondary N) is 1. The number of anilines is 1. The van der Waals surface area contributed by atoms with Crippen molar-refractivity contribution in [1.29, 1.82) is 0 Å². The number of aromatic nitrogens is 3. The highest BCUT2D eigenvalue weighted by Crippen LogP contribution is 2.27. The van der Waals surface area contributed by atoms with E-state index in [1.165, 1.54) is 0 Å².